The van der Waals surface area contributed by atoms with Gasteiger partial charge in [0, 0.05) is 37.8 Å². The number of anilines is 1. The van der Waals surface area contributed by atoms with Crippen molar-refractivity contribution in [1.82, 2.24) is 10.2 Å². The van der Waals surface area contributed by atoms with Gasteiger partial charge in [0.25, 0.3) is 5.91 Å². The molecule has 1 aromatic rings. The maximum Gasteiger partial charge on any atom is 0.255 e. The lowest BCUT2D eigenvalue weighted by Gasteiger charge is -2.50. The van der Waals surface area contributed by atoms with Crippen LogP contribution in [0.1, 0.15) is 50.3 Å². The first-order valence-electron chi connectivity index (χ1n) is 13.8. The number of amides is 1. The molecule has 0 spiro atoms. The summed E-state index contributed by atoms with van der Waals surface area (Å²) in [7, 11) is 6.88. The Labute approximate surface area is 240 Å². The highest BCUT2D eigenvalue weighted by Gasteiger charge is 2.64. The summed E-state index contributed by atoms with van der Waals surface area (Å²) >= 11 is 0. The Kier molecular flexibility index (Phi) is 7.79. The smallest absolute Gasteiger partial charge is 0.255 e. The highest BCUT2D eigenvalue weighted by molar-refractivity contribution is 6.24. The summed E-state index contributed by atoms with van der Waals surface area (Å²) in [5.74, 6) is -6.59. The molecule has 224 valence electrons. The average Bonchev–Trinajstić information content (AvgIpc) is 2.82. The number of carbonyl (C=O) groups excluding carboxylic acids is 3. The molecule has 41 heavy (non-hydrogen) atoms. The fraction of sp³-hybridized carbons (Fsp3) is 0.567. The van der Waals surface area contributed by atoms with E-state index in [0.717, 1.165) is 24.2 Å². The summed E-state index contributed by atoms with van der Waals surface area (Å²) < 4.78 is 0. The molecule has 3 aliphatic rings. The molecule has 7 N–H and O–H groups in total. The van der Waals surface area contributed by atoms with E-state index in [1.807, 2.05) is 19.0 Å². The summed E-state index contributed by atoms with van der Waals surface area (Å²) in [6.07, 6.45) is 1.24. The number of carbonyl (C=O) groups is 3. The second-order valence-corrected chi connectivity index (χ2v) is 13.1. The molecule has 1 aromatic carbocycles. The minimum absolute atomic E-state index is 0.0491. The quantitative estimate of drug-likeness (QED) is 0.208. The fourth-order valence-corrected chi connectivity index (χ4v) is 6.75. The van der Waals surface area contributed by atoms with Crippen molar-refractivity contribution in [2.75, 3.05) is 39.6 Å². The van der Waals surface area contributed by atoms with E-state index in [0.29, 0.717) is 12.1 Å². The van der Waals surface area contributed by atoms with Crippen LogP contribution in [0.25, 0.3) is 5.76 Å². The number of Topliss-reactive ketones (excluding diaryl/α,β-unsaturated/α-hetero) is 2. The predicted octanol–water partition coefficient (Wildman–Crippen LogP) is 1.56. The molecule has 11 heteroatoms. The van der Waals surface area contributed by atoms with E-state index in [-0.39, 0.29) is 35.1 Å². The topological polar surface area (TPSA) is 177 Å². The van der Waals surface area contributed by atoms with Crippen molar-refractivity contribution in [3.05, 3.63) is 39.7 Å². The number of hydrogen-bond donors (Lipinski definition) is 6. The lowest BCUT2D eigenvalue weighted by atomic mass is 9.57. The Balaban J connectivity index is 1.86. The number of nitrogens with zero attached hydrogens (tertiary/aromatic N) is 2. The van der Waals surface area contributed by atoms with E-state index in [4.69, 9.17) is 5.73 Å². The molecule has 4 rings (SSSR count). The Morgan fingerprint density at radius 2 is 1.78 bits per heavy atom. The van der Waals surface area contributed by atoms with Crippen LogP contribution in [-0.4, -0.2) is 89.2 Å². The van der Waals surface area contributed by atoms with E-state index < -0.39 is 58.0 Å². The molecule has 3 aliphatic carbocycles. The van der Waals surface area contributed by atoms with Gasteiger partial charge in [0.15, 0.2) is 11.4 Å². The van der Waals surface area contributed by atoms with Gasteiger partial charge in [-0.15, -0.1) is 0 Å². The number of nitrogens with two attached hydrogens (primary N) is 1. The number of ketones is 2. The zero-order chi connectivity index (χ0) is 30.8. The lowest BCUT2D eigenvalue weighted by molar-refractivity contribution is -0.153. The summed E-state index contributed by atoms with van der Waals surface area (Å²) in [6.45, 7) is 7.73. The number of hydrogen-bond acceptors (Lipinski definition) is 10. The highest BCUT2D eigenvalue weighted by Crippen LogP contribution is 2.54. The maximum atomic E-state index is 14.0. The van der Waals surface area contributed by atoms with E-state index in [1.165, 1.54) is 4.90 Å². The number of fused-ring (bicyclic) bond motifs is 3. The Hall–Kier alpha value is -3.41. The van der Waals surface area contributed by atoms with Gasteiger partial charge in [-0.2, -0.15) is 0 Å². The molecule has 0 heterocycles. The number of primary amides is 1. The minimum atomic E-state index is -2.65. The van der Waals surface area contributed by atoms with Gasteiger partial charge in [0.1, 0.15) is 22.8 Å². The predicted molar refractivity (Wildman–Crippen MR) is 154 cm³/mol. The normalized spacial score (nSPS) is 26.2. The van der Waals surface area contributed by atoms with Gasteiger partial charge in [0.05, 0.1) is 11.6 Å². The van der Waals surface area contributed by atoms with Crippen LogP contribution in [0, 0.1) is 17.3 Å². The van der Waals surface area contributed by atoms with Gasteiger partial charge in [-0.05, 0) is 68.4 Å². The molecule has 0 bridgehead atoms. The molecule has 0 aliphatic heterocycles. The van der Waals surface area contributed by atoms with Crippen molar-refractivity contribution < 1.29 is 34.8 Å². The second kappa shape index (κ2) is 10.5. The minimum Gasteiger partial charge on any atom is -0.508 e. The first-order valence-corrected chi connectivity index (χ1v) is 13.8. The molecule has 0 radical (unpaired) electrons. The van der Waals surface area contributed by atoms with Crippen molar-refractivity contribution in [2.45, 2.75) is 58.2 Å². The lowest BCUT2D eigenvalue weighted by Crippen LogP contribution is -2.65. The number of rotatable bonds is 7. The molecule has 1 fully saturated rings. The van der Waals surface area contributed by atoms with Crippen molar-refractivity contribution >= 4 is 28.9 Å². The number of aliphatic hydroxyl groups excluding tert-OH is 2. The van der Waals surface area contributed by atoms with Gasteiger partial charge in [0.2, 0.25) is 5.78 Å². The van der Waals surface area contributed by atoms with E-state index in [9.17, 15) is 34.8 Å². The summed E-state index contributed by atoms with van der Waals surface area (Å²) in [4.78, 5) is 42.8. The number of likely N-dealkylation sites (N-methyl/N-ethyl adjacent to an activating group) is 1. The average molecular weight is 571 g/mol. The number of aliphatic hydroxyl groups is 3. The molecule has 1 amide bonds. The number of phenolic OH excluding ortho intramolecular Hbond substituents is 1. The summed E-state index contributed by atoms with van der Waals surface area (Å²) in [5.41, 5.74) is 4.25. The molecule has 1 saturated carbocycles. The molecule has 4 atom stereocenters. The van der Waals surface area contributed by atoms with Crippen LogP contribution < -0.4 is 16.0 Å². The maximum absolute atomic E-state index is 14.0. The first kappa shape index (κ1) is 30.5. The van der Waals surface area contributed by atoms with Gasteiger partial charge >= 0.3 is 0 Å². The molecule has 0 saturated heterocycles. The first-order chi connectivity index (χ1) is 18.9. The van der Waals surface area contributed by atoms with Crippen LogP contribution in [0.15, 0.2) is 23.0 Å². The summed E-state index contributed by atoms with van der Waals surface area (Å²) in [6, 6.07) is 0.442. The third-order valence-electron chi connectivity index (χ3n) is 8.59. The second-order valence-electron chi connectivity index (χ2n) is 13.1. The van der Waals surface area contributed by atoms with E-state index >= 15 is 0 Å². The third-order valence-corrected chi connectivity index (χ3v) is 8.59. The Morgan fingerprint density at radius 1 is 1.15 bits per heavy atom. The SMILES string of the molecule is CN(C)c1c(CNCCC(C)(C)C)cc(O)c2c1C[C@H]1C[C@H]3[C@H](N(C)C)C(=O)C(C(N)=O)=C(O)[C@@]3(O)C(=O)C1=C2O. The molecular formula is C30H42N4O7. The monoisotopic (exact) mass is 570 g/mol. The zero-order valence-corrected chi connectivity index (χ0v) is 24.8. The number of aromatic hydroxyl groups is 1. The summed E-state index contributed by atoms with van der Waals surface area (Å²) in [5, 5.41) is 48.7. The van der Waals surface area contributed by atoms with Crippen LogP contribution in [0.5, 0.6) is 5.75 Å². The van der Waals surface area contributed by atoms with Gasteiger partial charge in [-0.1, -0.05) is 20.8 Å². The van der Waals surface area contributed by atoms with Crippen molar-refractivity contribution in [1.29, 1.82) is 0 Å². The van der Waals surface area contributed by atoms with Gasteiger partial charge in [-0.25, -0.2) is 0 Å². The van der Waals surface area contributed by atoms with Crippen molar-refractivity contribution in [3.63, 3.8) is 0 Å². The Morgan fingerprint density at radius 3 is 2.32 bits per heavy atom. The Bertz CT molecular complexity index is 1370. The van der Waals surface area contributed by atoms with Gasteiger partial charge < -0.3 is 36.4 Å². The molecule has 0 aromatic heterocycles. The standard InChI is InChI=1S/C30H42N4O7/c1-29(2,3)8-9-32-13-15-12-18(35)20-16(22(15)33(4)5)10-14-11-17-23(34(6)7)25(37)21(28(31)40)27(39)30(17,41)26(38)19(14)24(20)36/h12,14,17,23,32,35-36,39,41H,8-11,13H2,1-7H3,(H2,31,40)/t14-,17-,23-,30-/m0/s1. The largest absolute Gasteiger partial charge is 0.508 e. The van der Waals surface area contributed by atoms with Crippen LogP contribution >= 0.6 is 0 Å². The van der Waals surface area contributed by atoms with E-state index in [1.54, 1.807) is 20.2 Å². The van der Waals surface area contributed by atoms with Crippen molar-refractivity contribution in [3.8, 4) is 5.75 Å². The fourth-order valence-electron chi connectivity index (χ4n) is 6.75. The number of phenols is 1. The zero-order valence-electron chi connectivity index (χ0n) is 24.8. The van der Waals surface area contributed by atoms with Crippen molar-refractivity contribution in [2.24, 2.45) is 23.0 Å². The number of nitrogens with one attached hydrogen (secondary N) is 1. The third kappa shape index (κ3) is 4.89. The molecule has 11 nitrogen and oxygen atoms in total. The van der Waals surface area contributed by atoms with Crippen LogP contribution in [-0.2, 0) is 27.3 Å². The molecule has 0 unspecified atom stereocenters. The number of benzene rings is 1. The van der Waals surface area contributed by atoms with Crippen LogP contribution in [0.3, 0.4) is 0 Å². The van der Waals surface area contributed by atoms with Crippen LogP contribution in [0.4, 0.5) is 5.69 Å². The highest BCUT2D eigenvalue weighted by atomic mass is 16.3. The molecular weight excluding hydrogens is 528 g/mol. The van der Waals surface area contributed by atoms with E-state index in [2.05, 4.69) is 26.1 Å². The van der Waals surface area contributed by atoms with Crippen LogP contribution in [0.2, 0.25) is 0 Å². The van der Waals surface area contributed by atoms with Gasteiger partial charge in [-0.3, -0.25) is 19.3 Å².